The van der Waals surface area contributed by atoms with Gasteiger partial charge in [0.1, 0.15) is 10.3 Å². The molecule has 0 bridgehead atoms. The van der Waals surface area contributed by atoms with Crippen LogP contribution in [0.1, 0.15) is 28.8 Å². The van der Waals surface area contributed by atoms with E-state index in [9.17, 15) is 9.59 Å². The van der Waals surface area contributed by atoms with Gasteiger partial charge in [-0.05, 0) is 44.0 Å². The molecule has 4 heterocycles. The van der Waals surface area contributed by atoms with E-state index in [0.717, 1.165) is 53.5 Å². The van der Waals surface area contributed by atoms with Crippen LogP contribution in [0.15, 0.2) is 42.6 Å². The van der Waals surface area contributed by atoms with E-state index in [1.54, 1.807) is 17.5 Å². The Balaban J connectivity index is 1.19. The van der Waals surface area contributed by atoms with E-state index in [4.69, 9.17) is 4.98 Å². The zero-order chi connectivity index (χ0) is 22.1. The van der Waals surface area contributed by atoms with E-state index < -0.39 is 0 Å². The molecule has 0 spiro atoms. The fraction of sp³-hybridized carbons (Fsp3) is 0.417. The first-order valence-corrected chi connectivity index (χ1v) is 12.0. The number of piperazine rings is 1. The summed E-state index contributed by atoms with van der Waals surface area (Å²) < 4.78 is 0. The Bertz CT molecular complexity index is 1090. The standard InChI is InChI=1S/C24H27N5O2S/c1-17-6-8-18(9-7-17)22(30)29-11-3-4-19(16-29)23(31)27-12-14-28(15-13-27)24-26-20-5-2-10-25-21(20)32-24/h2,5-10,19H,3-4,11-16H2,1H3. The number of nitrogens with zero attached hydrogens (tertiary/aromatic N) is 5. The van der Waals surface area contributed by atoms with E-state index in [0.29, 0.717) is 25.2 Å². The van der Waals surface area contributed by atoms with Crippen LogP contribution >= 0.6 is 11.3 Å². The lowest BCUT2D eigenvalue weighted by Crippen LogP contribution is -2.53. The van der Waals surface area contributed by atoms with Crippen LogP contribution in [0, 0.1) is 12.8 Å². The predicted octanol–water partition coefficient (Wildman–Crippen LogP) is 3.20. The van der Waals surface area contributed by atoms with Crippen LogP contribution in [0.4, 0.5) is 5.13 Å². The van der Waals surface area contributed by atoms with Crippen LogP contribution in [-0.4, -0.2) is 70.9 Å². The highest BCUT2D eigenvalue weighted by Crippen LogP contribution is 2.28. The molecule has 0 aliphatic carbocycles. The van der Waals surface area contributed by atoms with Gasteiger partial charge in [-0.15, -0.1) is 0 Å². The van der Waals surface area contributed by atoms with Crippen molar-refractivity contribution in [3.05, 3.63) is 53.7 Å². The molecule has 7 nitrogen and oxygen atoms in total. The Morgan fingerprint density at radius 3 is 2.53 bits per heavy atom. The monoisotopic (exact) mass is 449 g/mol. The molecule has 2 fully saturated rings. The number of piperidine rings is 1. The number of likely N-dealkylation sites (tertiary alicyclic amines) is 1. The van der Waals surface area contributed by atoms with Gasteiger partial charge in [0.15, 0.2) is 5.13 Å². The number of benzene rings is 1. The minimum atomic E-state index is -0.114. The van der Waals surface area contributed by atoms with Crippen molar-refractivity contribution in [1.29, 1.82) is 0 Å². The largest absolute Gasteiger partial charge is 0.344 e. The van der Waals surface area contributed by atoms with Crippen molar-refractivity contribution in [2.24, 2.45) is 5.92 Å². The lowest BCUT2D eigenvalue weighted by atomic mass is 9.95. The third kappa shape index (κ3) is 4.19. The maximum Gasteiger partial charge on any atom is 0.253 e. The van der Waals surface area contributed by atoms with Crippen molar-refractivity contribution in [1.82, 2.24) is 19.8 Å². The van der Waals surface area contributed by atoms with Gasteiger partial charge in [-0.2, -0.15) is 0 Å². The summed E-state index contributed by atoms with van der Waals surface area (Å²) in [5, 5.41) is 0.971. The molecule has 1 aromatic carbocycles. The molecule has 166 valence electrons. The molecule has 2 aliphatic rings. The molecule has 0 radical (unpaired) electrons. The van der Waals surface area contributed by atoms with Crippen LogP contribution in [-0.2, 0) is 4.79 Å². The Labute approximate surface area is 191 Å². The number of carbonyl (C=O) groups is 2. The zero-order valence-corrected chi connectivity index (χ0v) is 19.1. The van der Waals surface area contributed by atoms with Crippen LogP contribution in [0.5, 0.6) is 0 Å². The number of aromatic nitrogens is 2. The van der Waals surface area contributed by atoms with E-state index >= 15 is 0 Å². The van der Waals surface area contributed by atoms with Gasteiger partial charge in [-0.1, -0.05) is 29.0 Å². The fourth-order valence-corrected chi connectivity index (χ4v) is 5.47. The normalized spacial score (nSPS) is 19.4. The average molecular weight is 450 g/mol. The number of amides is 2. The first kappa shape index (κ1) is 20.9. The molecule has 2 saturated heterocycles. The molecule has 2 aliphatic heterocycles. The molecule has 5 rings (SSSR count). The van der Waals surface area contributed by atoms with E-state index in [1.807, 2.05) is 53.1 Å². The van der Waals surface area contributed by atoms with Crippen molar-refractivity contribution >= 4 is 38.6 Å². The molecular formula is C24H27N5O2S. The first-order chi connectivity index (χ1) is 15.6. The maximum absolute atomic E-state index is 13.2. The zero-order valence-electron chi connectivity index (χ0n) is 18.2. The van der Waals surface area contributed by atoms with Gasteiger partial charge in [0.05, 0.1) is 5.92 Å². The van der Waals surface area contributed by atoms with Crippen molar-refractivity contribution in [3.63, 3.8) is 0 Å². The third-order valence-corrected chi connectivity index (χ3v) is 7.41. The van der Waals surface area contributed by atoms with Crippen LogP contribution in [0.3, 0.4) is 0 Å². The molecule has 2 aromatic heterocycles. The number of rotatable bonds is 3. The van der Waals surface area contributed by atoms with Crippen molar-refractivity contribution < 1.29 is 9.59 Å². The van der Waals surface area contributed by atoms with Gasteiger partial charge in [0.2, 0.25) is 5.91 Å². The number of hydrogen-bond donors (Lipinski definition) is 0. The lowest BCUT2D eigenvalue weighted by Gasteiger charge is -2.39. The lowest BCUT2D eigenvalue weighted by molar-refractivity contribution is -0.137. The van der Waals surface area contributed by atoms with Gasteiger partial charge < -0.3 is 14.7 Å². The van der Waals surface area contributed by atoms with E-state index in [-0.39, 0.29) is 17.7 Å². The molecule has 2 amide bonds. The Morgan fingerprint density at radius 2 is 1.78 bits per heavy atom. The number of hydrogen-bond acceptors (Lipinski definition) is 6. The third-order valence-electron chi connectivity index (χ3n) is 6.37. The number of carbonyl (C=O) groups excluding carboxylic acids is 2. The van der Waals surface area contributed by atoms with E-state index in [1.165, 1.54) is 0 Å². The van der Waals surface area contributed by atoms with Crippen LogP contribution in [0.25, 0.3) is 10.3 Å². The highest BCUT2D eigenvalue weighted by Gasteiger charge is 2.33. The first-order valence-electron chi connectivity index (χ1n) is 11.2. The Kier molecular flexibility index (Phi) is 5.78. The van der Waals surface area contributed by atoms with Gasteiger partial charge in [0, 0.05) is 51.0 Å². The van der Waals surface area contributed by atoms with Gasteiger partial charge in [-0.3, -0.25) is 9.59 Å². The predicted molar refractivity (Wildman–Crippen MR) is 126 cm³/mol. The SMILES string of the molecule is Cc1ccc(C(=O)N2CCCC(C(=O)N3CCN(c4nc5cccnc5s4)CC3)C2)cc1. The van der Waals surface area contributed by atoms with Crippen molar-refractivity contribution in [2.45, 2.75) is 19.8 Å². The number of anilines is 1. The minimum absolute atomic E-state index is 0.0248. The highest BCUT2D eigenvalue weighted by molar-refractivity contribution is 7.21. The van der Waals surface area contributed by atoms with Crippen molar-refractivity contribution in [2.75, 3.05) is 44.2 Å². The molecule has 8 heteroatoms. The maximum atomic E-state index is 13.2. The summed E-state index contributed by atoms with van der Waals surface area (Å²) in [4.78, 5) is 42.2. The molecule has 1 unspecified atom stereocenters. The summed E-state index contributed by atoms with van der Waals surface area (Å²) in [7, 11) is 0. The summed E-state index contributed by atoms with van der Waals surface area (Å²) in [6.07, 6.45) is 3.50. The molecule has 32 heavy (non-hydrogen) atoms. The second-order valence-electron chi connectivity index (χ2n) is 8.59. The molecule has 3 aromatic rings. The van der Waals surface area contributed by atoms with Gasteiger partial charge >= 0.3 is 0 Å². The summed E-state index contributed by atoms with van der Waals surface area (Å²) in [5.74, 6) is 0.0881. The highest BCUT2D eigenvalue weighted by atomic mass is 32.1. The second-order valence-corrected chi connectivity index (χ2v) is 9.55. The van der Waals surface area contributed by atoms with Gasteiger partial charge in [-0.25, -0.2) is 9.97 Å². The topological polar surface area (TPSA) is 69.6 Å². The molecular weight excluding hydrogens is 422 g/mol. The Hall–Kier alpha value is -3.00. The number of fused-ring (bicyclic) bond motifs is 1. The van der Waals surface area contributed by atoms with E-state index in [2.05, 4.69) is 9.88 Å². The summed E-state index contributed by atoms with van der Waals surface area (Å²) in [5.41, 5.74) is 2.75. The Morgan fingerprint density at radius 1 is 1.00 bits per heavy atom. The summed E-state index contributed by atoms with van der Waals surface area (Å²) in [6, 6.07) is 11.6. The summed E-state index contributed by atoms with van der Waals surface area (Å²) >= 11 is 1.60. The smallest absolute Gasteiger partial charge is 0.253 e. The van der Waals surface area contributed by atoms with Crippen molar-refractivity contribution in [3.8, 4) is 0 Å². The molecule has 0 saturated carbocycles. The summed E-state index contributed by atoms with van der Waals surface area (Å²) in [6.45, 7) is 6.15. The number of pyridine rings is 1. The quantitative estimate of drug-likeness (QED) is 0.614. The molecule has 1 atom stereocenters. The number of thiazole rings is 1. The van der Waals surface area contributed by atoms with Crippen LogP contribution < -0.4 is 4.90 Å². The molecule has 0 N–H and O–H groups in total. The van der Waals surface area contributed by atoms with Gasteiger partial charge in [0.25, 0.3) is 5.91 Å². The van der Waals surface area contributed by atoms with Crippen LogP contribution in [0.2, 0.25) is 0 Å². The average Bonchev–Trinajstić information content (AvgIpc) is 3.28. The minimum Gasteiger partial charge on any atom is -0.344 e. The number of aryl methyl sites for hydroxylation is 1. The second kappa shape index (κ2) is 8.86. The fourth-order valence-electron chi connectivity index (χ4n) is 4.51.